The number of carbonyl (C=O) groups is 1. The Morgan fingerprint density at radius 2 is 2.22 bits per heavy atom. The molecule has 18 heavy (non-hydrogen) atoms. The fourth-order valence-electron chi connectivity index (χ4n) is 1.30. The molecule has 1 N–H and O–H groups in total. The van der Waals surface area contributed by atoms with E-state index in [9.17, 15) is 4.79 Å². The summed E-state index contributed by atoms with van der Waals surface area (Å²) in [6.07, 6.45) is 2.58. The molecule has 1 aromatic carbocycles. The van der Waals surface area contributed by atoms with Crippen LogP contribution in [-0.2, 0) is 9.53 Å². The third-order valence-corrected chi connectivity index (χ3v) is 2.56. The van der Waals surface area contributed by atoms with Gasteiger partial charge in [-0.05, 0) is 31.2 Å². The molecule has 0 saturated carbocycles. The molecule has 0 fully saturated rings. The number of aliphatic carboxylic acids is 1. The minimum absolute atomic E-state index is 0.434. The zero-order chi connectivity index (χ0) is 13.4. The minimum atomic E-state index is -0.991. The molecular weight excluding hydrogens is 300 g/mol. The van der Waals surface area contributed by atoms with Crippen molar-refractivity contribution in [2.45, 2.75) is 6.92 Å². The van der Waals surface area contributed by atoms with Crippen LogP contribution in [0.3, 0.4) is 0 Å². The molecule has 0 amide bonds. The van der Waals surface area contributed by atoms with Crippen molar-refractivity contribution >= 4 is 28.0 Å². The van der Waals surface area contributed by atoms with Crippen molar-refractivity contribution in [2.24, 2.45) is 0 Å². The topological polar surface area (TPSA) is 55.8 Å². The third-order valence-electron chi connectivity index (χ3n) is 2.07. The van der Waals surface area contributed by atoms with E-state index in [-0.39, 0.29) is 0 Å². The van der Waals surface area contributed by atoms with Gasteiger partial charge in [-0.25, -0.2) is 4.79 Å². The van der Waals surface area contributed by atoms with E-state index in [1.807, 2.05) is 13.0 Å². The first kappa shape index (κ1) is 14.7. The van der Waals surface area contributed by atoms with Gasteiger partial charge in [-0.1, -0.05) is 15.9 Å². The van der Waals surface area contributed by atoms with Gasteiger partial charge in [-0.15, -0.1) is 0 Å². The number of benzene rings is 1. The molecule has 0 aliphatic heterocycles. The summed E-state index contributed by atoms with van der Waals surface area (Å²) in [4.78, 5) is 10.5. The minimum Gasteiger partial charge on any atom is -0.491 e. The van der Waals surface area contributed by atoms with Crippen LogP contribution in [0.15, 0.2) is 28.7 Å². The van der Waals surface area contributed by atoms with Gasteiger partial charge in [-0.3, -0.25) is 0 Å². The van der Waals surface area contributed by atoms with Crippen molar-refractivity contribution in [1.82, 2.24) is 0 Å². The van der Waals surface area contributed by atoms with Crippen molar-refractivity contribution in [1.29, 1.82) is 0 Å². The van der Waals surface area contributed by atoms with Crippen LogP contribution in [0.1, 0.15) is 12.5 Å². The molecule has 0 unspecified atom stereocenters. The molecule has 0 spiro atoms. The first-order valence-electron chi connectivity index (χ1n) is 5.54. The van der Waals surface area contributed by atoms with Gasteiger partial charge in [0.1, 0.15) is 12.4 Å². The number of carboxylic acid groups (broad SMARTS) is 1. The molecule has 0 bridgehead atoms. The SMILES string of the molecule is CCOCCOc1ccc(Br)cc1/C=C\C(=O)O. The summed E-state index contributed by atoms with van der Waals surface area (Å²) in [5.41, 5.74) is 0.711. The van der Waals surface area contributed by atoms with Crippen LogP contribution in [0, 0.1) is 0 Å². The van der Waals surface area contributed by atoms with Crippen molar-refractivity contribution in [3.05, 3.63) is 34.3 Å². The highest BCUT2D eigenvalue weighted by atomic mass is 79.9. The van der Waals surface area contributed by atoms with Gasteiger partial charge in [-0.2, -0.15) is 0 Å². The van der Waals surface area contributed by atoms with Crippen LogP contribution in [0.25, 0.3) is 6.08 Å². The monoisotopic (exact) mass is 314 g/mol. The van der Waals surface area contributed by atoms with Gasteiger partial charge in [0.05, 0.1) is 6.61 Å². The third kappa shape index (κ3) is 5.33. The summed E-state index contributed by atoms with van der Waals surface area (Å²) < 4.78 is 11.6. The fourth-order valence-corrected chi connectivity index (χ4v) is 1.68. The average molecular weight is 315 g/mol. The maximum atomic E-state index is 10.5. The van der Waals surface area contributed by atoms with E-state index in [4.69, 9.17) is 14.6 Å². The summed E-state index contributed by atoms with van der Waals surface area (Å²) in [6.45, 7) is 3.51. The number of carboxylic acids is 1. The molecule has 5 heteroatoms. The average Bonchev–Trinajstić information content (AvgIpc) is 2.34. The predicted octanol–water partition coefficient (Wildman–Crippen LogP) is 2.96. The quantitative estimate of drug-likeness (QED) is 0.621. The molecule has 0 aliphatic carbocycles. The van der Waals surface area contributed by atoms with Gasteiger partial charge in [0.25, 0.3) is 0 Å². The number of halogens is 1. The standard InChI is InChI=1S/C13H15BrO4/c1-2-17-7-8-18-12-5-4-11(14)9-10(12)3-6-13(15)16/h3-6,9H,2,7-8H2,1H3,(H,15,16)/b6-3-. The molecule has 1 rings (SSSR count). The van der Waals surface area contributed by atoms with E-state index < -0.39 is 5.97 Å². The lowest BCUT2D eigenvalue weighted by molar-refractivity contribution is -0.131. The van der Waals surface area contributed by atoms with E-state index >= 15 is 0 Å². The summed E-state index contributed by atoms with van der Waals surface area (Å²) in [5.74, 6) is -0.356. The summed E-state index contributed by atoms with van der Waals surface area (Å²) in [7, 11) is 0. The van der Waals surface area contributed by atoms with Gasteiger partial charge in [0, 0.05) is 22.7 Å². The molecule has 0 radical (unpaired) electrons. The summed E-state index contributed by atoms with van der Waals surface area (Å²) >= 11 is 3.33. The normalized spacial score (nSPS) is 10.8. The lowest BCUT2D eigenvalue weighted by Crippen LogP contribution is -2.07. The Balaban J connectivity index is 2.73. The van der Waals surface area contributed by atoms with Gasteiger partial charge < -0.3 is 14.6 Å². The van der Waals surface area contributed by atoms with E-state index in [0.717, 1.165) is 10.5 Å². The molecule has 0 aliphatic rings. The van der Waals surface area contributed by atoms with E-state index in [1.165, 1.54) is 6.08 Å². The largest absolute Gasteiger partial charge is 0.491 e. The highest BCUT2D eigenvalue weighted by Crippen LogP contribution is 2.24. The Morgan fingerprint density at radius 1 is 1.44 bits per heavy atom. The van der Waals surface area contributed by atoms with E-state index in [0.29, 0.717) is 31.1 Å². The Hall–Kier alpha value is -1.33. The first-order chi connectivity index (χ1) is 8.63. The smallest absolute Gasteiger partial charge is 0.328 e. The Bertz CT molecular complexity index is 429. The van der Waals surface area contributed by atoms with Crippen LogP contribution in [0.2, 0.25) is 0 Å². The summed E-state index contributed by atoms with van der Waals surface area (Å²) in [5, 5.41) is 8.62. The molecule has 0 atom stereocenters. The second kappa shape index (κ2) is 7.89. The number of ether oxygens (including phenoxy) is 2. The zero-order valence-corrected chi connectivity index (χ0v) is 11.6. The molecule has 0 heterocycles. The molecule has 0 saturated heterocycles. The molecule has 4 nitrogen and oxygen atoms in total. The van der Waals surface area contributed by atoms with Gasteiger partial charge in [0.15, 0.2) is 0 Å². The molecular formula is C13H15BrO4. The van der Waals surface area contributed by atoms with Crippen LogP contribution >= 0.6 is 15.9 Å². The van der Waals surface area contributed by atoms with Crippen molar-refractivity contribution in [3.8, 4) is 5.75 Å². The predicted molar refractivity (Wildman–Crippen MR) is 72.8 cm³/mol. The number of hydrogen-bond donors (Lipinski definition) is 1. The lowest BCUT2D eigenvalue weighted by atomic mass is 10.2. The second-order valence-corrected chi connectivity index (χ2v) is 4.31. The molecule has 0 aromatic heterocycles. The Labute approximate surface area is 114 Å². The fraction of sp³-hybridized carbons (Fsp3) is 0.308. The van der Waals surface area contributed by atoms with Crippen LogP contribution in [0.5, 0.6) is 5.75 Å². The highest BCUT2D eigenvalue weighted by Gasteiger charge is 2.02. The van der Waals surface area contributed by atoms with Crippen molar-refractivity contribution in [2.75, 3.05) is 19.8 Å². The van der Waals surface area contributed by atoms with Gasteiger partial charge in [0.2, 0.25) is 0 Å². The highest BCUT2D eigenvalue weighted by molar-refractivity contribution is 9.10. The zero-order valence-electron chi connectivity index (χ0n) is 10.1. The Morgan fingerprint density at radius 3 is 2.89 bits per heavy atom. The molecule has 98 valence electrons. The van der Waals surface area contributed by atoms with Crippen molar-refractivity contribution in [3.63, 3.8) is 0 Å². The van der Waals surface area contributed by atoms with Crippen LogP contribution in [-0.4, -0.2) is 30.9 Å². The van der Waals surface area contributed by atoms with Crippen molar-refractivity contribution < 1.29 is 19.4 Å². The second-order valence-electron chi connectivity index (χ2n) is 3.40. The Kier molecular flexibility index (Phi) is 6.46. The van der Waals surface area contributed by atoms with Gasteiger partial charge >= 0.3 is 5.97 Å². The lowest BCUT2D eigenvalue weighted by Gasteiger charge is -2.09. The molecule has 1 aromatic rings. The summed E-state index contributed by atoms with van der Waals surface area (Å²) in [6, 6.07) is 5.43. The van der Waals surface area contributed by atoms with Crippen LogP contribution < -0.4 is 4.74 Å². The van der Waals surface area contributed by atoms with Crippen LogP contribution in [0.4, 0.5) is 0 Å². The number of hydrogen-bond acceptors (Lipinski definition) is 3. The van der Waals surface area contributed by atoms with E-state index in [2.05, 4.69) is 15.9 Å². The first-order valence-corrected chi connectivity index (χ1v) is 6.34. The maximum Gasteiger partial charge on any atom is 0.328 e. The van der Waals surface area contributed by atoms with E-state index in [1.54, 1.807) is 12.1 Å². The maximum absolute atomic E-state index is 10.5. The number of rotatable bonds is 7.